The second-order valence-corrected chi connectivity index (χ2v) is 8.03. The number of aromatic nitrogens is 3. The molecule has 0 N–H and O–H groups in total. The molecule has 2 aromatic carbocycles. The average Bonchev–Trinajstić information content (AvgIpc) is 3.37. The molecule has 0 saturated carbocycles. The Bertz CT molecular complexity index is 1160. The Morgan fingerprint density at radius 2 is 2.10 bits per heavy atom. The second-order valence-electron chi connectivity index (χ2n) is 6.18. The van der Waals surface area contributed by atoms with E-state index in [2.05, 4.69) is 10.1 Å². The summed E-state index contributed by atoms with van der Waals surface area (Å²) in [4.78, 5) is 19.6. The van der Waals surface area contributed by atoms with Crippen molar-refractivity contribution >= 4 is 55.8 Å². The number of fused-ring (bicyclic) bond motifs is 1. The number of halogens is 2. The minimum atomic E-state index is -0.246. The van der Waals surface area contributed by atoms with E-state index in [1.807, 2.05) is 30.5 Å². The van der Waals surface area contributed by atoms with Crippen LogP contribution in [0.4, 0.5) is 5.13 Å². The molecule has 0 unspecified atom stereocenters. The number of thiazole rings is 1. The third-order valence-corrected chi connectivity index (χ3v) is 5.92. The van der Waals surface area contributed by atoms with Gasteiger partial charge in [0.05, 0.1) is 34.5 Å². The maximum Gasteiger partial charge on any atom is 0.261 e. The molecule has 0 spiro atoms. The van der Waals surface area contributed by atoms with E-state index in [-0.39, 0.29) is 5.91 Å². The lowest BCUT2D eigenvalue weighted by molar-refractivity contribution is 0.0986. The van der Waals surface area contributed by atoms with Gasteiger partial charge in [0.2, 0.25) is 0 Å². The first-order chi connectivity index (χ1) is 14.0. The first-order valence-electron chi connectivity index (χ1n) is 8.74. The lowest BCUT2D eigenvalue weighted by Gasteiger charge is -2.20. The average molecular weight is 447 g/mol. The second kappa shape index (κ2) is 8.41. The molecule has 0 fully saturated rings. The Kier molecular flexibility index (Phi) is 5.71. The first-order valence-corrected chi connectivity index (χ1v) is 10.3. The monoisotopic (exact) mass is 446 g/mol. The summed E-state index contributed by atoms with van der Waals surface area (Å²) >= 11 is 13.7. The van der Waals surface area contributed by atoms with Crippen molar-refractivity contribution in [1.82, 2.24) is 14.8 Å². The van der Waals surface area contributed by atoms with Crippen LogP contribution >= 0.6 is 34.5 Å². The van der Waals surface area contributed by atoms with Gasteiger partial charge in [0.25, 0.3) is 5.91 Å². The van der Waals surface area contributed by atoms with E-state index >= 15 is 0 Å². The number of carbonyl (C=O) groups excluding carboxylic acids is 1. The number of benzene rings is 2. The number of hydrogen-bond acceptors (Lipinski definition) is 5. The first kappa shape index (κ1) is 19.7. The fraction of sp³-hybridized carbons (Fsp3) is 0.150. The van der Waals surface area contributed by atoms with Gasteiger partial charge in [-0.1, -0.05) is 34.5 Å². The minimum absolute atomic E-state index is 0.246. The summed E-state index contributed by atoms with van der Waals surface area (Å²) in [7, 11) is 1.62. The number of hydrogen-bond donors (Lipinski definition) is 0. The van der Waals surface area contributed by atoms with Crippen molar-refractivity contribution in [3.63, 3.8) is 0 Å². The molecule has 1 amide bonds. The van der Waals surface area contributed by atoms with Crippen LogP contribution in [0.1, 0.15) is 10.4 Å². The van der Waals surface area contributed by atoms with E-state index in [1.165, 1.54) is 11.3 Å². The van der Waals surface area contributed by atoms with Crippen LogP contribution in [0.15, 0.2) is 54.9 Å². The molecule has 0 aliphatic rings. The Morgan fingerprint density at radius 3 is 2.83 bits per heavy atom. The largest absolute Gasteiger partial charge is 0.497 e. The zero-order valence-electron chi connectivity index (χ0n) is 15.4. The number of nitrogens with zero attached hydrogens (tertiary/aromatic N) is 4. The third-order valence-electron chi connectivity index (χ3n) is 4.33. The molecular weight excluding hydrogens is 431 g/mol. The van der Waals surface area contributed by atoms with E-state index in [9.17, 15) is 4.79 Å². The van der Waals surface area contributed by atoms with Crippen LogP contribution in [-0.4, -0.2) is 34.3 Å². The van der Waals surface area contributed by atoms with Crippen LogP contribution in [0.25, 0.3) is 10.2 Å². The van der Waals surface area contributed by atoms with Gasteiger partial charge < -0.3 is 4.74 Å². The van der Waals surface area contributed by atoms with Crippen LogP contribution in [0.3, 0.4) is 0 Å². The molecule has 6 nitrogen and oxygen atoms in total. The smallest absolute Gasteiger partial charge is 0.261 e. The molecule has 0 atom stereocenters. The number of ether oxygens (including phenoxy) is 1. The number of amides is 1. The van der Waals surface area contributed by atoms with E-state index in [0.29, 0.717) is 33.8 Å². The highest BCUT2D eigenvalue weighted by Gasteiger charge is 2.23. The molecule has 9 heteroatoms. The molecule has 0 saturated heterocycles. The molecule has 2 aromatic heterocycles. The number of rotatable bonds is 6. The van der Waals surface area contributed by atoms with Crippen molar-refractivity contribution in [3.8, 4) is 5.75 Å². The van der Waals surface area contributed by atoms with Crippen LogP contribution in [0.2, 0.25) is 10.0 Å². The number of anilines is 1. The molecular formula is C20H16Cl2N4O2S. The molecule has 0 aliphatic heterocycles. The minimum Gasteiger partial charge on any atom is -0.497 e. The quantitative estimate of drug-likeness (QED) is 0.410. The van der Waals surface area contributed by atoms with Crippen molar-refractivity contribution in [2.24, 2.45) is 0 Å². The lowest BCUT2D eigenvalue weighted by Crippen LogP contribution is -2.34. The van der Waals surface area contributed by atoms with Gasteiger partial charge in [-0.15, -0.1) is 0 Å². The fourth-order valence-electron chi connectivity index (χ4n) is 2.86. The molecule has 29 heavy (non-hydrogen) atoms. The van der Waals surface area contributed by atoms with Gasteiger partial charge in [-0.05, 0) is 42.5 Å². The van der Waals surface area contributed by atoms with Crippen molar-refractivity contribution in [3.05, 3.63) is 70.5 Å². The van der Waals surface area contributed by atoms with Crippen LogP contribution in [-0.2, 0) is 6.54 Å². The normalized spacial score (nSPS) is 11.0. The predicted molar refractivity (Wildman–Crippen MR) is 117 cm³/mol. The number of methoxy groups -OCH3 is 1. The van der Waals surface area contributed by atoms with Gasteiger partial charge >= 0.3 is 0 Å². The Hall–Kier alpha value is -2.61. The van der Waals surface area contributed by atoms with Crippen LogP contribution in [0, 0.1) is 0 Å². The summed E-state index contributed by atoms with van der Waals surface area (Å²) in [5.74, 6) is 0.493. The van der Waals surface area contributed by atoms with Gasteiger partial charge in [0, 0.05) is 24.0 Å². The fourth-order valence-corrected chi connectivity index (χ4v) is 4.37. The highest BCUT2D eigenvalue weighted by Crippen LogP contribution is 2.33. The zero-order chi connectivity index (χ0) is 20.4. The van der Waals surface area contributed by atoms with E-state index < -0.39 is 0 Å². The summed E-state index contributed by atoms with van der Waals surface area (Å²) in [5.41, 5.74) is 1.17. The summed E-state index contributed by atoms with van der Waals surface area (Å²) in [6.07, 6.45) is 3.55. The van der Waals surface area contributed by atoms with Gasteiger partial charge in [-0.2, -0.15) is 5.10 Å². The van der Waals surface area contributed by atoms with Gasteiger partial charge in [-0.25, -0.2) is 4.98 Å². The van der Waals surface area contributed by atoms with Gasteiger partial charge in [0.1, 0.15) is 5.75 Å². The maximum absolute atomic E-state index is 13.3. The van der Waals surface area contributed by atoms with E-state index in [4.69, 9.17) is 27.9 Å². The van der Waals surface area contributed by atoms with Crippen molar-refractivity contribution in [2.75, 3.05) is 18.6 Å². The van der Waals surface area contributed by atoms with Crippen LogP contribution < -0.4 is 9.64 Å². The van der Waals surface area contributed by atoms with E-state index in [0.717, 1.165) is 16.0 Å². The maximum atomic E-state index is 13.3. The Labute approximate surface area is 181 Å². The third kappa shape index (κ3) is 4.22. The molecule has 2 heterocycles. The van der Waals surface area contributed by atoms with Crippen molar-refractivity contribution in [2.45, 2.75) is 6.54 Å². The summed E-state index contributed by atoms with van der Waals surface area (Å²) in [6, 6.07) is 12.3. The predicted octanol–water partition coefficient (Wildman–Crippen LogP) is 5.16. The lowest BCUT2D eigenvalue weighted by atomic mass is 10.2. The van der Waals surface area contributed by atoms with Crippen molar-refractivity contribution in [1.29, 1.82) is 0 Å². The number of carbonyl (C=O) groups is 1. The van der Waals surface area contributed by atoms with Crippen molar-refractivity contribution < 1.29 is 9.53 Å². The van der Waals surface area contributed by atoms with E-state index in [1.54, 1.807) is 41.1 Å². The Balaban J connectivity index is 1.72. The molecule has 0 aliphatic carbocycles. The summed E-state index contributed by atoms with van der Waals surface area (Å²) < 4.78 is 7.98. The van der Waals surface area contributed by atoms with Crippen LogP contribution in [0.5, 0.6) is 5.75 Å². The zero-order valence-corrected chi connectivity index (χ0v) is 17.7. The summed E-state index contributed by atoms with van der Waals surface area (Å²) in [5, 5.41) is 5.56. The highest BCUT2D eigenvalue weighted by atomic mass is 35.5. The SMILES string of the molecule is COc1ccc2nc(N(CCn3cccn3)C(=O)c3ccc(Cl)cc3Cl)sc2c1. The standard InChI is InChI=1S/C20H16Cl2N4O2S/c1-28-14-4-6-17-18(12-14)29-20(24-17)26(10-9-25-8-2-7-23-25)19(27)15-5-3-13(21)11-16(15)22/h2-8,11-12H,9-10H2,1H3. The molecule has 0 radical (unpaired) electrons. The molecule has 0 bridgehead atoms. The molecule has 148 valence electrons. The van der Waals surface area contributed by atoms with Gasteiger partial charge in [0.15, 0.2) is 5.13 Å². The topological polar surface area (TPSA) is 60.2 Å². The highest BCUT2D eigenvalue weighted by molar-refractivity contribution is 7.22. The summed E-state index contributed by atoms with van der Waals surface area (Å²) in [6.45, 7) is 0.902. The van der Waals surface area contributed by atoms with Gasteiger partial charge in [-0.3, -0.25) is 14.4 Å². The molecule has 4 rings (SSSR count). The Morgan fingerprint density at radius 1 is 1.24 bits per heavy atom. The molecule has 4 aromatic rings.